The number of benzene rings is 1. The van der Waals surface area contributed by atoms with E-state index >= 15 is 0 Å². The Kier molecular flexibility index (Phi) is 9.13. The molecule has 0 aliphatic heterocycles. The lowest BCUT2D eigenvalue weighted by Gasteiger charge is -2.26. The van der Waals surface area contributed by atoms with E-state index in [1.165, 1.54) is 0 Å². The maximum atomic E-state index is 10.4. The monoisotopic (exact) mass is 351 g/mol. The molecule has 0 saturated heterocycles. The van der Waals surface area contributed by atoms with Crippen LogP contribution in [0.4, 0.5) is 0 Å². The highest BCUT2D eigenvalue weighted by Crippen LogP contribution is 2.17. The molecule has 0 fully saturated rings. The predicted molar refractivity (Wildman–Crippen MR) is 103 cm³/mol. The minimum absolute atomic E-state index is 0.395. The van der Waals surface area contributed by atoms with Crippen LogP contribution in [0.2, 0.25) is 0 Å². The van der Waals surface area contributed by atoms with Crippen molar-refractivity contribution in [1.29, 1.82) is 0 Å². The van der Waals surface area contributed by atoms with E-state index in [4.69, 9.17) is 9.47 Å². The van der Waals surface area contributed by atoms with E-state index in [0.29, 0.717) is 32.5 Å². The van der Waals surface area contributed by atoms with E-state index in [1.807, 2.05) is 57.0 Å². The van der Waals surface area contributed by atoms with Gasteiger partial charge in [0.25, 0.3) is 0 Å². The first kappa shape index (κ1) is 21.1. The Labute approximate surface area is 151 Å². The van der Waals surface area contributed by atoms with E-state index in [-0.39, 0.29) is 0 Å². The number of nitrogens with zero attached hydrogens (tertiary/aromatic N) is 2. The van der Waals surface area contributed by atoms with Gasteiger partial charge < -0.3 is 24.8 Å². The van der Waals surface area contributed by atoms with E-state index in [9.17, 15) is 5.11 Å². The third-order valence-corrected chi connectivity index (χ3v) is 4.29. The zero-order chi connectivity index (χ0) is 18.7. The molecule has 0 aliphatic carbocycles. The molecule has 0 spiro atoms. The lowest BCUT2D eigenvalue weighted by molar-refractivity contribution is 0.0416. The molecule has 2 N–H and O–H groups in total. The highest BCUT2D eigenvalue weighted by Gasteiger charge is 2.22. The Balaban J connectivity index is 2.55. The maximum Gasteiger partial charge on any atom is 0.193 e. The molecule has 6 nitrogen and oxygen atoms in total. The van der Waals surface area contributed by atoms with Crippen LogP contribution in [0.15, 0.2) is 29.3 Å². The van der Waals surface area contributed by atoms with Gasteiger partial charge in [-0.2, -0.15) is 0 Å². The molecule has 0 radical (unpaired) electrons. The van der Waals surface area contributed by atoms with Gasteiger partial charge in [-0.1, -0.05) is 13.8 Å². The van der Waals surface area contributed by atoms with Crippen LogP contribution in [0.1, 0.15) is 33.6 Å². The van der Waals surface area contributed by atoms with Gasteiger partial charge in [-0.05, 0) is 44.0 Å². The van der Waals surface area contributed by atoms with Crippen LogP contribution in [0.25, 0.3) is 0 Å². The van der Waals surface area contributed by atoms with E-state index in [2.05, 4.69) is 10.3 Å². The number of methoxy groups -OCH3 is 1. The topological polar surface area (TPSA) is 66.3 Å². The molecule has 0 bridgehead atoms. The summed E-state index contributed by atoms with van der Waals surface area (Å²) in [4.78, 5) is 6.60. The summed E-state index contributed by atoms with van der Waals surface area (Å²) in [5.41, 5.74) is -0.735. The second-order valence-corrected chi connectivity index (χ2v) is 6.05. The number of aliphatic imine (C=N–C) groups is 1. The number of ether oxygens (including phenoxy) is 2. The van der Waals surface area contributed by atoms with Crippen molar-refractivity contribution in [3.05, 3.63) is 24.3 Å². The summed E-state index contributed by atoms with van der Waals surface area (Å²) in [6.45, 7) is 8.40. The predicted octanol–water partition coefficient (Wildman–Crippen LogP) is 2.52. The number of hydrogen-bond acceptors (Lipinski definition) is 4. The molecule has 0 saturated carbocycles. The van der Waals surface area contributed by atoms with E-state index in [0.717, 1.165) is 24.0 Å². The van der Waals surface area contributed by atoms with Gasteiger partial charge in [0.05, 0.1) is 25.8 Å². The molecule has 142 valence electrons. The first-order valence-corrected chi connectivity index (χ1v) is 8.96. The number of nitrogens with one attached hydrogen (secondary N) is 1. The molecule has 0 aliphatic rings. The average Bonchev–Trinajstić information content (AvgIpc) is 2.65. The first-order valence-electron chi connectivity index (χ1n) is 8.96. The van der Waals surface area contributed by atoms with Crippen molar-refractivity contribution in [3.8, 4) is 11.5 Å². The van der Waals surface area contributed by atoms with Gasteiger partial charge in [-0.25, -0.2) is 0 Å². The molecule has 1 aromatic carbocycles. The first-order chi connectivity index (χ1) is 12.0. The number of rotatable bonds is 10. The summed E-state index contributed by atoms with van der Waals surface area (Å²) in [6.07, 6.45) is 1.38. The summed E-state index contributed by atoms with van der Waals surface area (Å²) in [5.74, 6) is 2.40. The Morgan fingerprint density at radius 1 is 1.16 bits per heavy atom. The molecule has 1 aromatic rings. The van der Waals surface area contributed by atoms with Crippen molar-refractivity contribution in [2.75, 3.05) is 40.4 Å². The highest BCUT2D eigenvalue weighted by molar-refractivity contribution is 5.79. The number of aliphatic hydroxyl groups is 1. The van der Waals surface area contributed by atoms with Gasteiger partial charge in [0, 0.05) is 13.6 Å². The molecular formula is C19H33N3O3. The third-order valence-electron chi connectivity index (χ3n) is 4.29. The van der Waals surface area contributed by atoms with Crippen LogP contribution in [0.5, 0.6) is 11.5 Å². The number of hydrogen-bond donors (Lipinski definition) is 2. The highest BCUT2D eigenvalue weighted by atomic mass is 16.5. The second-order valence-electron chi connectivity index (χ2n) is 6.05. The van der Waals surface area contributed by atoms with Crippen molar-refractivity contribution in [3.63, 3.8) is 0 Å². The molecule has 1 rings (SSSR count). The van der Waals surface area contributed by atoms with E-state index < -0.39 is 5.60 Å². The number of likely N-dealkylation sites (N-methyl/N-ethyl adjacent to an activating group) is 1. The Hall–Kier alpha value is -1.95. The van der Waals surface area contributed by atoms with Crippen molar-refractivity contribution >= 4 is 5.96 Å². The van der Waals surface area contributed by atoms with Gasteiger partial charge in [-0.15, -0.1) is 0 Å². The summed E-state index contributed by atoms with van der Waals surface area (Å²) in [6, 6.07) is 7.53. The Morgan fingerprint density at radius 3 is 2.28 bits per heavy atom. The van der Waals surface area contributed by atoms with Crippen LogP contribution >= 0.6 is 0 Å². The second kappa shape index (κ2) is 10.8. The molecule has 0 heterocycles. The molecule has 0 unspecified atom stereocenters. The van der Waals surface area contributed by atoms with Crippen LogP contribution in [-0.2, 0) is 0 Å². The Bertz CT molecular complexity index is 513. The van der Waals surface area contributed by atoms with Crippen molar-refractivity contribution in [2.24, 2.45) is 4.99 Å². The molecular weight excluding hydrogens is 318 g/mol. The summed E-state index contributed by atoms with van der Waals surface area (Å²) >= 11 is 0. The van der Waals surface area contributed by atoms with Crippen molar-refractivity contribution in [1.82, 2.24) is 10.2 Å². The quantitative estimate of drug-likeness (QED) is 0.501. The van der Waals surface area contributed by atoms with Crippen LogP contribution in [0.3, 0.4) is 0 Å². The zero-order valence-corrected chi connectivity index (χ0v) is 16.2. The SMILES string of the molecule is CCNC(=NCC(O)(CC)CC)N(C)CCOc1ccc(OC)cc1. The summed E-state index contributed by atoms with van der Waals surface area (Å²) in [5, 5.41) is 13.7. The fraction of sp³-hybridized carbons (Fsp3) is 0.632. The molecule has 0 atom stereocenters. The normalized spacial score (nSPS) is 12.0. The molecule has 0 amide bonds. The van der Waals surface area contributed by atoms with Crippen LogP contribution in [-0.4, -0.2) is 62.0 Å². The minimum atomic E-state index is -0.735. The number of guanidine groups is 1. The smallest absolute Gasteiger partial charge is 0.193 e. The van der Waals surface area contributed by atoms with Gasteiger partial charge in [-0.3, -0.25) is 4.99 Å². The zero-order valence-electron chi connectivity index (χ0n) is 16.2. The van der Waals surface area contributed by atoms with Gasteiger partial charge in [0.1, 0.15) is 18.1 Å². The fourth-order valence-corrected chi connectivity index (χ4v) is 2.24. The lowest BCUT2D eigenvalue weighted by atomic mass is 9.98. The van der Waals surface area contributed by atoms with Crippen LogP contribution < -0.4 is 14.8 Å². The minimum Gasteiger partial charge on any atom is -0.497 e. The third kappa shape index (κ3) is 7.22. The Morgan fingerprint density at radius 2 is 1.76 bits per heavy atom. The van der Waals surface area contributed by atoms with Crippen molar-refractivity contribution < 1.29 is 14.6 Å². The molecule has 0 aromatic heterocycles. The van der Waals surface area contributed by atoms with Gasteiger partial charge in [0.2, 0.25) is 0 Å². The molecule has 25 heavy (non-hydrogen) atoms. The van der Waals surface area contributed by atoms with Crippen LogP contribution in [0, 0.1) is 0 Å². The fourth-order valence-electron chi connectivity index (χ4n) is 2.24. The van der Waals surface area contributed by atoms with Gasteiger partial charge in [0.15, 0.2) is 5.96 Å². The van der Waals surface area contributed by atoms with Gasteiger partial charge >= 0.3 is 0 Å². The largest absolute Gasteiger partial charge is 0.497 e. The molecule has 6 heteroatoms. The maximum absolute atomic E-state index is 10.4. The standard InChI is InChI=1S/C19H33N3O3/c1-6-19(23,7-2)15-21-18(20-8-3)22(4)13-14-25-17-11-9-16(24-5)10-12-17/h9-12,23H,6-8,13-15H2,1-5H3,(H,20,21). The average molecular weight is 351 g/mol. The van der Waals surface area contributed by atoms with Crippen molar-refractivity contribution in [2.45, 2.75) is 39.2 Å². The lowest BCUT2D eigenvalue weighted by Crippen LogP contribution is -2.42. The summed E-state index contributed by atoms with van der Waals surface area (Å²) in [7, 11) is 3.61. The van der Waals surface area contributed by atoms with E-state index in [1.54, 1.807) is 7.11 Å². The summed E-state index contributed by atoms with van der Waals surface area (Å²) < 4.78 is 10.9.